The van der Waals surface area contributed by atoms with Gasteiger partial charge in [0.1, 0.15) is 5.60 Å². The van der Waals surface area contributed by atoms with Crippen LogP contribution >= 0.6 is 0 Å². The van der Waals surface area contributed by atoms with E-state index in [2.05, 4.69) is 101 Å². The molecule has 0 aromatic heterocycles. The number of hydrogen-bond acceptors (Lipinski definition) is 4. The summed E-state index contributed by atoms with van der Waals surface area (Å²) in [5, 5.41) is 2.34. The molecule has 3 rings (SSSR count). The first-order chi connectivity index (χ1) is 18.1. The maximum Gasteiger partial charge on any atom is 0.410 e. The van der Waals surface area contributed by atoms with E-state index in [1.165, 1.54) is 10.4 Å². The quantitative estimate of drug-likeness (QED) is 0.190. The summed E-state index contributed by atoms with van der Waals surface area (Å²) in [7, 11) is -3.93. The summed E-state index contributed by atoms with van der Waals surface area (Å²) < 4.78 is 19.1. The smallest absolute Gasteiger partial charge is 0.410 e. The molecule has 2 atom stereocenters. The first-order valence-electron chi connectivity index (χ1n) is 14.2. The van der Waals surface area contributed by atoms with Crippen LogP contribution in [0.15, 0.2) is 73.0 Å². The molecule has 5 nitrogen and oxygen atoms in total. The van der Waals surface area contributed by atoms with Crippen LogP contribution < -0.4 is 10.4 Å². The Balaban J connectivity index is 1.94. The molecule has 0 saturated carbocycles. The Kier molecular flexibility index (Phi) is 9.94. The number of rotatable bonds is 9. The molecule has 7 heteroatoms. The lowest BCUT2D eigenvalue weighted by Gasteiger charge is -2.44. The minimum Gasteiger partial charge on any atom is -0.502 e. The first-order valence-corrected chi connectivity index (χ1v) is 19.8. The highest BCUT2D eigenvalue weighted by Gasteiger charge is 2.53. The van der Waals surface area contributed by atoms with Gasteiger partial charge >= 0.3 is 6.09 Å². The van der Waals surface area contributed by atoms with E-state index >= 15 is 0 Å². The topological polar surface area (TPSA) is 48.0 Å². The van der Waals surface area contributed by atoms with Gasteiger partial charge in [0, 0.05) is 14.6 Å². The Bertz CT molecular complexity index is 1050. The van der Waals surface area contributed by atoms with Gasteiger partial charge in [-0.3, -0.25) is 4.90 Å². The second-order valence-corrected chi connectivity index (χ2v) is 23.7. The molecule has 1 amide bonds. The highest BCUT2D eigenvalue weighted by molar-refractivity contribution is 6.99. The van der Waals surface area contributed by atoms with Crippen LogP contribution in [-0.2, 0) is 13.9 Å². The minimum absolute atomic E-state index is 0.138. The van der Waals surface area contributed by atoms with Crippen molar-refractivity contribution in [2.45, 2.75) is 96.4 Å². The van der Waals surface area contributed by atoms with Crippen molar-refractivity contribution in [2.24, 2.45) is 0 Å². The SMILES string of the molecule is CC(C)(C)OC(=O)N1C[C@@H](O[Si](c2ccccc2)(c2ccccc2)C(C)(C)C)C[C@@H]1C=COCC[Si](C)(C)C. The zero-order valence-corrected chi connectivity index (χ0v) is 27.5. The first kappa shape index (κ1) is 31.2. The normalized spacial score (nSPS) is 18.9. The van der Waals surface area contributed by atoms with Crippen molar-refractivity contribution in [3.63, 3.8) is 0 Å². The predicted octanol–water partition coefficient (Wildman–Crippen LogP) is 6.81. The lowest BCUT2D eigenvalue weighted by atomic mass is 10.2. The number of carbonyl (C=O) groups is 1. The Hall–Kier alpha value is -2.36. The predicted molar refractivity (Wildman–Crippen MR) is 167 cm³/mol. The molecule has 0 N–H and O–H groups in total. The van der Waals surface area contributed by atoms with Crippen LogP contribution in [0.25, 0.3) is 0 Å². The fourth-order valence-corrected chi connectivity index (χ4v) is 10.6. The molecule has 39 heavy (non-hydrogen) atoms. The molecule has 2 aromatic carbocycles. The molecule has 1 aliphatic rings. The van der Waals surface area contributed by atoms with E-state index in [0.29, 0.717) is 19.6 Å². The Labute approximate surface area is 238 Å². The van der Waals surface area contributed by atoms with Crippen LogP contribution in [0.3, 0.4) is 0 Å². The molecular weight excluding hydrogens is 519 g/mol. The van der Waals surface area contributed by atoms with Crippen molar-refractivity contribution < 1.29 is 18.7 Å². The molecule has 0 unspecified atom stereocenters. The summed E-state index contributed by atoms with van der Waals surface area (Å²) >= 11 is 0. The summed E-state index contributed by atoms with van der Waals surface area (Å²) in [6, 6.07) is 22.2. The van der Waals surface area contributed by atoms with E-state index in [4.69, 9.17) is 13.9 Å². The molecule has 2 aromatic rings. The van der Waals surface area contributed by atoms with Gasteiger partial charge in [0.15, 0.2) is 0 Å². The number of amides is 1. The standard InChI is InChI=1S/C32H49NO4Si2/c1-31(2,3)36-30(34)33-25-27(24-26(33)20-21-35-22-23-38(7,8)9)37-39(32(4,5)6,28-16-12-10-13-17-28)29-18-14-11-15-19-29/h10-21,26-27H,22-25H2,1-9H3/t26-,27-/m0/s1. The van der Waals surface area contributed by atoms with Crippen molar-refractivity contribution in [1.82, 2.24) is 4.90 Å². The Morgan fingerprint density at radius 3 is 1.92 bits per heavy atom. The Morgan fingerprint density at radius 1 is 0.923 bits per heavy atom. The maximum absolute atomic E-state index is 13.3. The highest BCUT2D eigenvalue weighted by atomic mass is 28.4. The van der Waals surface area contributed by atoms with Gasteiger partial charge in [-0.15, -0.1) is 0 Å². The van der Waals surface area contributed by atoms with Crippen molar-refractivity contribution >= 4 is 32.9 Å². The van der Waals surface area contributed by atoms with Crippen LogP contribution in [0.5, 0.6) is 0 Å². The van der Waals surface area contributed by atoms with E-state index in [1.54, 1.807) is 6.26 Å². The van der Waals surface area contributed by atoms with Gasteiger partial charge in [0.05, 0.1) is 25.0 Å². The highest BCUT2D eigenvalue weighted by Crippen LogP contribution is 2.39. The van der Waals surface area contributed by atoms with Gasteiger partial charge in [-0.25, -0.2) is 4.79 Å². The number of nitrogens with zero attached hydrogens (tertiary/aromatic N) is 1. The van der Waals surface area contributed by atoms with Gasteiger partial charge in [-0.2, -0.15) is 0 Å². The largest absolute Gasteiger partial charge is 0.502 e. The molecule has 0 spiro atoms. The summed E-state index contributed by atoms with van der Waals surface area (Å²) in [6.45, 7) is 20.8. The van der Waals surface area contributed by atoms with Crippen LogP contribution in [-0.4, -0.2) is 58.3 Å². The maximum atomic E-state index is 13.3. The summed E-state index contributed by atoms with van der Waals surface area (Å²) in [6.07, 6.45) is 4.02. The third-order valence-electron chi connectivity index (χ3n) is 7.06. The van der Waals surface area contributed by atoms with Gasteiger partial charge in [0.25, 0.3) is 8.32 Å². The van der Waals surface area contributed by atoms with Crippen molar-refractivity contribution in [1.29, 1.82) is 0 Å². The fraction of sp³-hybridized carbons (Fsp3) is 0.531. The molecule has 1 aliphatic heterocycles. The summed E-state index contributed by atoms with van der Waals surface area (Å²) in [5.41, 5.74) is -0.573. The average Bonchev–Trinajstić information content (AvgIpc) is 3.23. The number of likely N-dealkylation sites (tertiary alicyclic amines) is 1. The van der Waals surface area contributed by atoms with Gasteiger partial charge in [-0.1, -0.05) is 101 Å². The third-order valence-corrected chi connectivity index (χ3v) is 13.9. The molecule has 0 aliphatic carbocycles. The zero-order chi connectivity index (χ0) is 28.9. The number of ether oxygens (including phenoxy) is 2. The van der Waals surface area contributed by atoms with Gasteiger partial charge in [-0.05, 0) is 54.7 Å². The molecule has 0 radical (unpaired) electrons. The monoisotopic (exact) mass is 567 g/mol. The zero-order valence-electron chi connectivity index (χ0n) is 25.5. The van der Waals surface area contributed by atoms with Crippen LogP contribution in [0.1, 0.15) is 48.0 Å². The van der Waals surface area contributed by atoms with E-state index in [1.807, 2.05) is 31.7 Å². The molecular formula is C32H49NO4Si2. The molecule has 1 heterocycles. The second kappa shape index (κ2) is 12.4. The van der Waals surface area contributed by atoms with Crippen LogP contribution in [0.4, 0.5) is 4.79 Å². The number of carbonyl (C=O) groups excluding carboxylic acids is 1. The lowest BCUT2D eigenvalue weighted by Crippen LogP contribution is -2.67. The lowest BCUT2D eigenvalue weighted by molar-refractivity contribution is 0.0237. The average molecular weight is 568 g/mol. The third kappa shape index (κ3) is 8.32. The van der Waals surface area contributed by atoms with Gasteiger partial charge < -0.3 is 13.9 Å². The molecule has 0 bridgehead atoms. The van der Waals surface area contributed by atoms with Crippen molar-refractivity contribution in [2.75, 3.05) is 13.2 Å². The minimum atomic E-state index is -2.75. The van der Waals surface area contributed by atoms with Crippen LogP contribution in [0.2, 0.25) is 30.7 Å². The number of hydrogen-bond donors (Lipinski definition) is 0. The summed E-state index contributed by atoms with van der Waals surface area (Å²) in [4.78, 5) is 15.1. The number of benzene rings is 2. The second-order valence-electron chi connectivity index (χ2n) is 13.8. The van der Waals surface area contributed by atoms with E-state index < -0.39 is 22.0 Å². The van der Waals surface area contributed by atoms with Crippen molar-refractivity contribution in [3.8, 4) is 0 Å². The van der Waals surface area contributed by atoms with E-state index in [0.717, 1.165) is 6.04 Å². The molecule has 1 saturated heterocycles. The molecule has 214 valence electrons. The van der Waals surface area contributed by atoms with Crippen LogP contribution in [0, 0.1) is 0 Å². The summed E-state index contributed by atoms with van der Waals surface area (Å²) in [5.74, 6) is 0. The van der Waals surface area contributed by atoms with Crippen molar-refractivity contribution in [3.05, 3.63) is 73.0 Å². The van der Waals surface area contributed by atoms with E-state index in [-0.39, 0.29) is 23.3 Å². The van der Waals surface area contributed by atoms with Gasteiger partial charge in [0.2, 0.25) is 0 Å². The fourth-order valence-electron chi connectivity index (χ4n) is 5.14. The molecule has 1 fully saturated rings. The Morgan fingerprint density at radius 2 is 1.46 bits per heavy atom. The van der Waals surface area contributed by atoms with E-state index in [9.17, 15) is 4.79 Å².